The molecule has 0 saturated carbocycles. The molecule has 0 aromatic heterocycles. The summed E-state index contributed by atoms with van der Waals surface area (Å²) in [5, 5.41) is 3.73. The molecule has 2 fully saturated rings. The molecule has 0 bridgehead atoms. The molecule has 1 aromatic carbocycles. The van der Waals surface area contributed by atoms with Gasteiger partial charge in [-0.15, -0.1) is 6.58 Å². The summed E-state index contributed by atoms with van der Waals surface area (Å²) < 4.78 is 33.1. The average Bonchev–Trinajstić information content (AvgIpc) is 2.95. The van der Waals surface area contributed by atoms with E-state index in [-0.39, 0.29) is 19.0 Å². The van der Waals surface area contributed by atoms with Gasteiger partial charge in [0.2, 0.25) is 5.96 Å². The normalized spacial score (nSPS) is 19.0. The van der Waals surface area contributed by atoms with Gasteiger partial charge in [-0.05, 0) is 115 Å². The lowest BCUT2D eigenvalue weighted by molar-refractivity contribution is -0.101. The zero-order valence-corrected chi connectivity index (χ0v) is 26.0. The van der Waals surface area contributed by atoms with Gasteiger partial charge < -0.3 is 19.9 Å². The van der Waals surface area contributed by atoms with Crippen LogP contribution in [0.25, 0.3) is 0 Å². The van der Waals surface area contributed by atoms with Crippen molar-refractivity contribution in [2.75, 3.05) is 52.9 Å². The molecule has 0 unspecified atom stereocenters. The average molecular weight is 575 g/mol. The maximum atomic E-state index is 13.6. The fraction of sp³-hybridized carbons (Fsp3) is 0.688. The number of rotatable bonds is 15. The molecule has 1 atom stereocenters. The highest BCUT2D eigenvalue weighted by Crippen LogP contribution is 2.33. The van der Waals surface area contributed by atoms with E-state index in [4.69, 9.17) is 9.73 Å². The Morgan fingerprint density at radius 2 is 1.90 bits per heavy atom. The number of nitrogens with one attached hydrogen (secondary N) is 1. The van der Waals surface area contributed by atoms with Gasteiger partial charge in [-0.3, -0.25) is 4.90 Å². The van der Waals surface area contributed by atoms with Gasteiger partial charge in [-0.2, -0.15) is 0 Å². The summed E-state index contributed by atoms with van der Waals surface area (Å²) in [4.78, 5) is 15.2. The second kappa shape index (κ2) is 15.8. The third kappa shape index (κ3) is 9.58. The minimum absolute atomic E-state index is 0.241. The number of ether oxygens (including phenoxy) is 1. The van der Waals surface area contributed by atoms with Gasteiger partial charge in [-0.25, -0.2) is 18.8 Å². The van der Waals surface area contributed by atoms with Crippen LogP contribution in [0.4, 0.5) is 14.5 Å². The number of nitrogens with zero attached hydrogens (tertiary/aromatic N) is 5. The number of piperidine rings is 1. The molecular weight excluding hydrogens is 522 g/mol. The lowest BCUT2D eigenvalue weighted by Gasteiger charge is -2.39. The molecule has 0 aliphatic carbocycles. The zero-order chi connectivity index (χ0) is 30.0. The Labute approximate surface area is 246 Å². The molecule has 1 N–H and O–H groups in total. The number of halogens is 2. The van der Waals surface area contributed by atoms with E-state index in [1.54, 1.807) is 7.11 Å². The maximum Gasteiger partial charge on any atom is 0.282 e. The van der Waals surface area contributed by atoms with Gasteiger partial charge >= 0.3 is 0 Å². The first-order valence-corrected chi connectivity index (χ1v) is 15.3. The standard InChI is InChI=1S/C32H52F2N6O/c1-8-15-38(9-2)16-11-10-12-27-19-29(37-31(35-6)40-22-32(33,34)23-40)28(20-30(27)41-7)21-36-25(5)26-13-17-39(18-14-26)24(3)4/h8,19-20,24-26,36H,1,6,9-18,21-23H2,2-5,7H3/b37-31+/t25-/m1/s1. The van der Waals surface area contributed by atoms with Gasteiger partial charge in [-0.1, -0.05) is 13.0 Å². The number of likely N-dealkylation sites (N-methyl/N-ethyl adjacent to an activating group) is 1. The number of guanidine groups is 1. The smallest absolute Gasteiger partial charge is 0.282 e. The summed E-state index contributed by atoms with van der Waals surface area (Å²) in [5.74, 6) is -1.03. The fourth-order valence-corrected chi connectivity index (χ4v) is 5.84. The summed E-state index contributed by atoms with van der Waals surface area (Å²) in [6, 6.07) is 5.03. The Morgan fingerprint density at radius 1 is 1.20 bits per heavy atom. The van der Waals surface area contributed by atoms with E-state index in [9.17, 15) is 8.78 Å². The van der Waals surface area contributed by atoms with E-state index in [1.165, 1.54) is 17.7 Å². The second-order valence-corrected chi connectivity index (χ2v) is 11.9. The van der Waals surface area contributed by atoms with Crippen LogP contribution in [0.5, 0.6) is 5.75 Å². The lowest BCUT2D eigenvalue weighted by Crippen LogP contribution is -2.58. The third-order valence-electron chi connectivity index (χ3n) is 8.60. The number of unbranched alkanes of at least 4 members (excludes halogenated alkanes) is 1. The maximum absolute atomic E-state index is 13.6. The number of methoxy groups -OCH3 is 1. The molecule has 0 amide bonds. The Kier molecular flexibility index (Phi) is 12.7. The predicted molar refractivity (Wildman–Crippen MR) is 167 cm³/mol. The van der Waals surface area contributed by atoms with E-state index >= 15 is 0 Å². The SMILES string of the molecule is C=CCN(CC)CCCCc1cc(/N=C(\N=C)N2CC(F)(F)C2)c(CN[C@H](C)C2CCN(C(C)C)CC2)cc1OC. The molecule has 9 heteroatoms. The first-order valence-electron chi connectivity index (χ1n) is 15.3. The predicted octanol–water partition coefficient (Wildman–Crippen LogP) is 5.76. The topological polar surface area (TPSA) is 55.7 Å². The van der Waals surface area contributed by atoms with E-state index < -0.39 is 5.92 Å². The van der Waals surface area contributed by atoms with Crippen molar-refractivity contribution in [3.8, 4) is 5.75 Å². The molecule has 0 spiro atoms. The van der Waals surface area contributed by atoms with Crippen LogP contribution in [0.2, 0.25) is 0 Å². The fourth-order valence-electron chi connectivity index (χ4n) is 5.84. The van der Waals surface area contributed by atoms with Gasteiger partial charge in [0.1, 0.15) is 5.75 Å². The lowest BCUT2D eigenvalue weighted by atomic mass is 9.89. The van der Waals surface area contributed by atoms with Gasteiger partial charge in [0.05, 0.1) is 25.9 Å². The number of hydrogen-bond donors (Lipinski definition) is 1. The van der Waals surface area contributed by atoms with Crippen molar-refractivity contribution in [3.05, 3.63) is 35.9 Å². The molecular formula is C32H52F2N6O. The molecule has 2 saturated heterocycles. The number of aryl methyl sites for hydroxylation is 1. The Balaban J connectivity index is 1.77. The van der Waals surface area contributed by atoms with Crippen molar-refractivity contribution < 1.29 is 13.5 Å². The minimum Gasteiger partial charge on any atom is -0.496 e. The van der Waals surface area contributed by atoms with Crippen molar-refractivity contribution >= 4 is 18.4 Å². The molecule has 1 aromatic rings. The molecule has 230 valence electrons. The van der Waals surface area contributed by atoms with Crippen molar-refractivity contribution in [1.82, 2.24) is 20.0 Å². The summed E-state index contributed by atoms with van der Waals surface area (Å²) in [6.45, 7) is 21.4. The van der Waals surface area contributed by atoms with Gasteiger partial charge in [0.15, 0.2) is 0 Å². The van der Waals surface area contributed by atoms with Crippen LogP contribution in [-0.2, 0) is 13.0 Å². The molecule has 2 heterocycles. The van der Waals surface area contributed by atoms with Crippen LogP contribution in [0.15, 0.2) is 34.8 Å². The monoisotopic (exact) mass is 574 g/mol. The van der Waals surface area contributed by atoms with Gasteiger partial charge in [0.25, 0.3) is 5.92 Å². The quantitative estimate of drug-likeness (QED) is 0.125. The summed E-state index contributed by atoms with van der Waals surface area (Å²) in [5.41, 5.74) is 2.76. The van der Waals surface area contributed by atoms with E-state index in [1.807, 2.05) is 12.1 Å². The highest BCUT2D eigenvalue weighted by atomic mass is 19.3. The molecule has 2 aliphatic heterocycles. The highest BCUT2D eigenvalue weighted by Gasteiger charge is 2.45. The van der Waals surface area contributed by atoms with E-state index in [0.29, 0.717) is 24.5 Å². The summed E-state index contributed by atoms with van der Waals surface area (Å²) in [7, 11) is 1.70. The highest BCUT2D eigenvalue weighted by molar-refractivity contribution is 5.87. The number of hydrogen-bond acceptors (Lipinski definition) is 5. The second-order valence-electron chi connectivity index (χ2n) is 11.9. The van der Waals surface area contributed by atoms with Crippen molar-refractivity contribution in [3.63, 3.8) is 0 Å². The summed E-state index contributed by atoms with van der Waals surface area (Å²) >= 11 is 0. The van der Waals surface area contributed by atoms with Crippen LogP contribution < -0.4 is 10.1 Å². The molecule has 2 aliphatic rings. The van der Waals surface area contributed by atoms with Crippen molar-refractivity contribution in [2.24, 2.45) is 15.9 Å². The molecule has 41 heavy (non-hydrogen) atoms. The largest absolute Gasteiger partial charge is 0.496 e. The van der Waals surface area contributed by atoms with Crippen LogP contribution in [-0.4, -0.2) is 98.3 Å². The number of alkyl halides is 2. The number of aliphatic imine (C=N–C) groups is 2. The van der Waals surface area contributed by atoms with Crippen LogP contribution in [0.1, 0.15) is 64.5 Å². The third-order valence-corrected chi connectivity index (χ3v) is 8.60. The molecule has 7 nitrogen and oxygen atoms in total. The first-order chi connectivity index (χ1) is 19.6. The first kappa shape index (κ1) is 33.1. The number of likely N-dealkylation sites (tertiary alicyclic amines) is 2. The molecule has 0 radical (unpaired) electrons. The Hall–Kier alpha value is -2.36. The van der Waals surface area contributed by atoms with Crippen molar-refractivity contribution in [2.45, 2.75) is 84.4 Å². The molecule has 3 rings (SSSR count). The van der Waals surface area contributed by atoms with E-state index in [2.05, 4.69) is 67.2 Å². The van der Waals surface area contributed by atoms with Crippen LogP contribution in [0.3, 0.4) is 0 Å². The van der Waals surface area contributed by atoms with Crippen LogP contribution >= 0.6 is 0 Å². The minimum atomic E-state index is -2.71. The Bertz CT molecular complexity index is 1010. The summed E-state index contributed by atoms with van der Waals surface area (Å²) in [6.07, 6.45) is 7.20. The van der Waals surface area contributed by atoms with Crippen molar-refractivity contribution in [1.29, 1.82) is 0 Å². The van der Waals surface area contributed by atoms with E-state index in [0.717, 1.165) is 74.6 Å². The number of benzene rings is 1. The Morgan fingerprint density at radius 3 is 2.46 bits per heavy atom. The van der Waals surface area contributed by atoms with Crippen LogP contribution in [0, 0.1) is 5.92 Å². The zero-order valence-electron chi connectivity index (χ0n) is 26.0. The van der Waals surface area contributed by atoms with Gasteiger partial charge in [0, 0.05) is 25.2 Å².